The highest BCUT2D eigenvalue weighted by molar-refractivity contribution is 5.41. The summed E-state index contributed by atoms with van der Waals surface area (Å²) in [6.07, 6.45) is 11.4. The Labute approximate surface area is 87.3 Å². The van der Waals surface area contributed by atoms with Gasteiger partial charge in [0.25, 0.3) is 0 Å². The first-order valence-corrected chi connectivity index (χ1v) is 4.57. The van der Waals surface area contributed by atoms with Crippen molar-refractivity contribution >= 4 is 0 Å². The topological polar surface area (TPSA) is 0 Å². The molecule has 0 heterocycles. The quantitative estimate of drug-likeness (QED) is 0.559. The van der Waals surface area contributed by atoms with Crippen LogP contribution in [-0.2, 0) is 0 Å². The lowest BCUT2D eigenvalue weighted by atomic mass is 10.1. The molecule has 0 radical (unpaired) electrons. The normalized spacial score (nSPS) is 13.0. The number of allylic oxidation sites excluding steroid dienone is 9. The van der Waals surface area contributed by atoms with Crippen LogP contribution < -0.4 is 0 Å². The summed E-state index contributed by atoms with van der Waals surface area (Å²) >= 11 is 0. The van der Waals surface area contributed by atoms with Gasteiger partial charge in [-0.25, -0.2) is 0 Å². The molecule has 0 aromatic carbocycles. The monoisotopic (exact) mass is 186 g/mol. The SMILES string of the molecule is C=C/C=C\C=C(/C)C(=C)/C=C(/C)C=C. The van der Waals surface area contributed by atoms with Crippen molar-refractivity contribution in [3.8, 4) is 0 Å². The molecule has 0 spiro atoms. The lowest BCUT2D eigenvalue weighted by Crippen LogP contribution is -1.79. The summed E-state index contributed by atoms with van der Waals surface area (Å²) in [4.78, 5) is 0. The van der Waals surface area contributed by atoms with Crippen molar-refractivity contribution in [3.05, 3.63) is 72.9 Å². The minimum Gasteiger partial charge on any atom is -0.0991 e. The van der Waals surface area contributed by atoms with Gasteiger partial charge in [0.05, 0.1) is 0 Å². The van der Waals surface area contributed by atoms with E-state index in [1.165, 1.54) is 0 Å². The van der Waals surface area contributed by atoms with Crippen molar-refractivity contribution in [2.45, 2.75) is 13.8 Å². The zero-order valence-corrected chi connectivity index (χ0v) is 9.09. The third-order valence-electron chi connectivity index (χ3n) is 1.82. The second-order valence-electron chi connectivity index (χ2n) is 3.09. The fourth-order valence-corrected chi connectivity index (χ4v) is 0.833. The Morgan fingerprint density at radius 1 is 1.07 bits per heavy atom. The van der Waals surface area contributed by atoms with Crippen molar-refractivity contribution in [2.24, 2.45) is 0 Å². The molecule has 0 aromatic heterocycles. The second kappa shape index (κ2) is 6.90. The van der Waals surface area contributed by atoms with Gasteiger partial charge in [-0.05, 0) is 25.0 Å². The van der Waals surface area contributed by atoms with Crippen LogP contribution in [0.15, 0.2) is 72.9 Å². The van der Waals surface area contributed by atoms with Crippen LogP contribution in [0.5, 0.6) is 0 Å². The summed E-state index contributed by atoms with van der Waals surface area (Å²) in [5, 5.41) is 0. The van der Waals surface area contributed by atoms with E-state index in [0.29, 0.717) is 0 Å². The summed E-state index contributed by atoms with van der Waals surface area (Å²) in [7, 11) is 0. The maximum atomic E-state index is 3.97. The van der Waals surface area contributed by atoms with Crippen LogP contribution in [-0.4, -0.2) is 0 Å². The number of hydrogen-bond donors (Lipinski definition) is 0. The van der Waals surface area contributed by atoms with E-state index in [0.717, 1.165) is 16.7 Å². The Balaban J connectivity index is 4.54. The molecule has 0 aliphatic rings. The van der Waals surface area contributed by atoms with Gasteiger partial charge in [0.15, 0.2) is 0 Å². The first kappa shape index (κ1) is 12.4. The van der Waals surface area contributed by atoms with Gasteiger partial charge < -0.3 is 0 Å². The molecule has 0 N–H and O–H groups in total. The molecule has 0 amide bonds. The molecule has 74 valence electrons. The van der Waals surface area contributed by atoms with Crippen LogP contribution in [0.25, 0.3) is 0 Å². The van der Waals surface area contributed by atoms with E-state index < -0.39 is 0 Å². The molecule has 0 atom stereocenters. The van der Waals surface area contributed by atoms with Gasteiger partial charge in [0.1, 0.15) is 0 Å². The zero-order chi connectivity index (χ0) is 11.0. The van der Waals surface area contributed by atoms with Crippen molar-refractivity contribution in [2.75, 3.05) is 0 Å². The Kier molecular flexibility index (Phi) is 6.13. The first-order chi connectivity index (χ1) is 6.61. The minimum atomic E-state index is 1.01. The molecule has 0 aromatic rings. The van der Waals surface area contributed by atoms with E-state index in [9.17, 15) is 0 Å². The van der Waals surface area contributed by atoms with Gasteiger partial charge in [0, 0.05) is 0 Å². The maximum absolute atomic E-state index is 3.97. The molecule has 0 aliphatic heterocycles. The Morgan fingerprint density at radius 3 is 2.21 bits per heavy atom. The standard InChI is InChI=1S/C14H18/c1-6-8-9-10-13(4)14(5)11-12(3)7-2/h6-11H,1-2,5H2,3-4H3/b9-8-,12-11-,13-10+. The molecule has 0 bridgehead atoms. The van der Waals surface area contributed by atoms with Crippen LogP contribution in [0.3, 0.4) is 0 Å². The highest BCUT2D eigenvalue weighted by Crippen LogP contribution is 2.11. The summed E-state index contributed by atoms with van der Waals surface area (Å²) in [6, 6.07) is 0. The van der Waals surface area contributed by atoms with Crippen molar-refractivity contribution in [1.29, 1.82) is 0 Å². The van der Waals surface area contributed by atoms with Gasteiger partial charge in [-0.15, -0.1) is 0 Å². The van der Waals surface area contributed by atoms with Crippen LogP contribution >= 0.6 is 0 Å². The van der Waals surface area contributed by atoms with Gasteiger partial charge >= 0.3 is 0 Å². The van der Waals surface area contributed by atoms with E-state index in [2.05, 4.69) is 19.7 Å². The van der Waals surface area contributed by atoms with Crippen molar-refractivity contribution in [3.63, 3.8) is 0 Å². The van der Waals surface area contributed by atoms with E-state index in [-0.39, 0.29) is 0 Å². The van der Waals surface area contributed by atoms with Crippen LogP contribution in [0.1, 0.15) is 13.8 Å². The molecule has 0 fully saturated rings. The van der Waals surface area contributed by atoms with E-state index >= 15 is 0 Å². The van der Waals surface area contributed by atoms with E-state index in [1.807, 2.05) is 44.2 Å². The predicted octanol–water partition coefficient (Wildman–Crippen LogP) is 4.36. The van der Waals surface area contributed by atoms with Gasteiger partial charge in [-0.2, -0.15) is 0 Å². The smallest absolute Gasteiger partial charge is 0.0297 e. The van der Waals surface area contributed by atoms with Gasteiger partial charge in [0.2, 0.25) is 0 Å². The average molecular weight is 186 g/mol. The number of rotatable bonds is 5. The summed E-state index contributed by atoms with van der Waals surface area (Å²) < 4.78 is 0. The van der Waals surface area contributed by atoms with Crippen LogP contribution in [0.4, 0.5) is 0 Å². The Hall–Kier alpha value is -1.56. The molecule has 0 aliphatic carbocycles. The van der Waals surface area contributed by atoms with E-state index in [1.54, 1.807) is 6.08 Å². The molecule has 14 heavy (non-hydrogen) atoms. The van der Waals surface area contributed by atoms with Gasteiger partial charge in [-0.1, -0.05) is 61.8 Å². The van der Waals surface area contributed by atoms with Crippen molar-refractivity contribution in [1.82, 2.24) is 0 Å². The zero-order valence-electron chi connectivity index (χ0n) is 9.09. The first-order valence-electron chi connectivity index (χ1n) is 4.57. The van der Waals surface area contributed by atoms with Crippen LogP contribution in [0, 0.1) is 0 Å². The fourth-order valence-electron chi connectivity index (χ4n) is 0.833. The van der Waals surface area contributed by atoms with Crippen LogP contribution in [0.2, 0.25) is 0 Å². The van der Waals surface area contributed by atoms with Crippen molar-refractivity contribution < 1.29 is 0 Å². The molecule has 0 unspecified atom stereocenters. The molecular weight excluding hydrogens is 168 g/mol. The lowest BCUT2D eigenvalue weighted by molar-refractivity contribution is 1.40. The summed E-state index contributed by atoms with van der Waals surface area (Å²) in [6.45, 7) is 15.3. The number of hydrogen-bond acceptors (Lipinski definition) is 0. The largest absolute Gasteiger partial charge is 0.0991 e. The molecule has 0 heteroatoms. The molecule has 0 saturated heterocycles. The molecule has 0 nitrogen and oxygen atoms in total. The fraction of sp³-hybridized carbons (Fsp3) is 0.143. The highest BCUT2D eigenvalue weighted by atomic mass is 14.0. The molecule has 0 saturated carbocycles. The summed E-state index contributed by atoms with van der Waals surface area (Å²) in [5.74, 6) is 0. The third kappa shape index (κ3) is 5.15. The highest BCUT2D eigenvalue weighted by Gasteiger charge is 1.91. The van der Waals surface area contributed by atoms with Gasteiger partial charge in [-0.3, -0.25) is 0 Å². The Bertz CT molecular complexity index is 309. The maximum Gasteiger partial charge on any atom is -0.0297 e. The lowest BCUT2D eigenvalue weighted by Gasteiger charge is -1.99. The summed E-state index contributed by atoms with van der Waals surface area (Å²) in [5.41, 5.74) is 3.27. The average Bonchev–Trinajstić information content (AvgIpc) is 2.17. The van der Waals surface area contributed by atoms with E-state index in [4.69, 9.17) is 0 Å². The Morgan fingerprint density at radius 2 is 1.71 bits per heavy atom. The predicted molar refractivity (Wildman–Crippen MR) is 66.2 cm³/mol. The third-order valence-corrected chi connectivity index (χ3v) is 1.82. The molecule has 0 rings (SSSR count). The second-order valence-corrected chi connectivity index (χ2v) is 3.09. The molecular formula is C14H18. The minimum absolute atomic E-state index is 1.01.